The summed E-state index contributed by atoms with van der Waals surface area (Å²) < 4.78 is 0.733. The molecule has 0 aromatic carbocycles. The van der Waals surface area contributed by atoms with E-state index in [-0.39, 0.29) is 5.69 Å². The lowest BCUT2D eigenvalue weighted by Crippen LogP contribution is -2.13. The van der Waals surface area contributed by atoms with Gasteiger partial charge in [0.1, 0.15) is 17.7 Å². The molecule has 0 saturated carbocycles. The first-order chi connectivity index (χ1) is 6.20. The molecule has 3 N–H and O–H groups in total. The van der Waals surface area contributed by atoms with Crippen LogP contribution >= 0.6 is 15.9 Å². The van der Waals surface area contributed by atoms with Gasteiger partial charge in [-0.1, -0.05) is 0 Å². The number of halogens is 1. The average molecular weight is 241 g/mol. The van der Waals surface area contributed by atoms with E-state index in [1.165, 1.54) is 6.33 Å². The Kier molecular flexibility index (Phi) is 1.77. The van der Waals surface area contributed by atoms with E-state index in [0.717, 1.165) is 4.47 Å². The molecule has 6 heteroatoms. The normalized spacial score (nSPS) is 10.5. The van der Waals surface area contributed by atoms with Crippen molar-refractivity contribution in [3.05, 3.63) is 22.7 Å². The zero-order chi connectivity index (χ0) is 9.42. The van der Waals surface area contributed by atoms with Crippen molar-refractivity contribution in [1.29, 1.82) is 0 Å². The van der Waals surface area contributed by atoms with Crippen molar-refractivity contribution < 1.29 is 4.79 Å². The Morgan fingerprint density at radius 2 is 2.31 bits per heavy atom. The Morgan fingerprint density at radius 3 is 3.00 bits per heavy atom. The lowest BCUT2D eigenvalue weighted by molar-refractivity contribution is 0.0997. The van der Waals surface area contributed by atoms with Crippen molar-refractivity contribution >= 4 is 32.9 Å². The molecule has 0 radical (unpaired) electrons. The molecule has 0 aliphatic rings. The summed E-state index contributed by atoms with van der Waals surface area (Å²) in [5, 5.41) is 0.620. The molecule has 0 fully saturated rings. The summed E-state index contributed by atoms with van der Waals surface area (Å²) in [7, 11) is 0. The number of fused-ring (bicyclic) bond motifs is 1. The van der Waals surface area contributed by atoms with Gasteiger partial charge in [0.05, 0.1) is 5.39 Å². The van der Waals surface area contributed by atoms with Gasteiger partial charge in [0.15, 0.2) is 0 Å². The number of hydrogen-bond donors (Lipinski definition) is 2. The fraction of sp³-hybridized carbons (Fsp3) is 0. The monoisotopic (exact) mass is 240 g/mol. The minimum Gasteiger partial charge on any atom is -0.364 e. The van der Waals surface area contributed by atoms with Crippen molar-refractivity contribution in [1.82, 2.24) is 15.0 Å². The van der Waals surface area contributed by atoms with Gasteiger partial charge < -0.3 is 10.7 Å². The first kappa shape index (κ1) is 8.18. The molecule has 66 valence electrons. The lowest BCUT2D eigenvalue weighted by atomic mass is 10.3. The van der Waals surface area contributed by atoms with Gasteiger partial charge in [-0.25, -0.2) is 9.97 Å². The van der Waals surface area contributed by atoms with Gasteiger partial charge in [0.25, 0.3) is 5.91 Å². The van der Waals surface area contributed by atoms with Crippen molar-refractivity contribution in [2.45, 2.75) is 0 Å². The molecule has 0 saturated heterocycles. The van der Waals surface area contributed by atoms with Crippen LogP contribution in [0.25, 0.3) is 11.0 Å². The number of amides is 1. The van der Waals surface area contributed by atoms with E-state index in [0.29, 0.717) is 11.0 Å². The number of carbonyl (C=O) groups excluding carboxylic acids is 1. The van der Waals surface area contributed by atoms with Gasteiger partial charge in [-0.15, -0.1) is 0 Å². The number of nitrogens with two attached hydrogens (primary N) is 1. The standard InChI is InChI=1S/C7H5BrN4O/c8-3-1-10-7-4(3)5(6(9)13)11-2-12-7/h1-2H,(H2,9,13)(H,10,11,12). The second-order valence-electron chi connectivity index (χ2n) is 2.45. The predicted octanol–water partition coefficient (Wildman–Crippen LogP) is 0.819. The van der Waals surface area contributed by atoms with Crippen LogP contribution in [0, 0.1) is 0 Å². The zero-order valence-corrected chi connectivity index (χ0v) is 8.00. The van der Waals surface area contributed by atoms with E-state index in [2.05, 4.69) is 30.9 Å². The second kappa shape index (κ2) is 2.81. The number of aromatic nitrogens is 3. The molecule has 2 heterocycles. The quantitative estimate of drug-likeness (QED) is 0.774. The van der Waals surface area contributed by atoms with Crippen LogP contribution in [0.15, 0.2) is 17.0 Å². The van der Waals surface area contributed by atoms with Gasteiger partial charge in [-0.05, 0) is 15.9 Å². The van der Waals surface area contributed by atoms with Crippen LogP contribution in [0.5, 0.6) is 0 Å². The maximum atomic E-state index is 11.0. The van der Waals surface area contributed by atoms with Crippen LogP contribution in [0.2, 0.25) is 0 Å². The highest BCUT2D eigenvalue weighted by Crippen LogP contribution is 2.23. The molecular weight excluding hydrogens is 236 g/mol. The summed E-state index contributed by atoms with van der Waals surface area (Å²) >= 11 is 3.27. The molecule has 2 rings (SSSR count). The molecule has 0 unspecified atom stereocenters. The summed E-state index contributed by atoms with van der Waals surface area (Å²) in [6.07, 6.45) is 2.98. The fourth-order valence-corrected chi connectivity index (χ4v) is 1.60. The highest BCUT2D eigenvalue weighted by Gasteiger charge is 2.12. The number of hydrogen-bond acceptors (Lipinski definition) is 3. The lowest BCUT2D eigenvalue weighted by Gasteiger charge is -1.95. The van der Waals surface area contributed by atoms with Crippen LogP contribution in [0.1, 0.15) is 10.5 Å². The van der Waals surface area contributed by atoms with Crippen LogP contribution in [-0.4, -0.2) is 20.9 Å². The SMILES string of the molecule is NC(=O)c1ncnc2[nH]cc(Br)c12. The van der Waals surface area contributed by atoms with E-state index in [9.17, 15) is 4.79 Å². The molecule has 0 spiro atoms. The first-order valence-electron chi connectivity index (χ1n) is 3.47. The maximum Gasteiger partial charge on any atom is 0.268 e. The van der Waals surface area contributed by atoms with Crippen LogP contribution in [-0.2, 0) is 0 Å². The largest absolute Gasteiger partial charge is 0.364 e. The molecule has 0 aliphatic heterocycles. The van der Waals surface area contributed by atoms with Gasteiger partial charge in [-0.3, -0.25) is 4.79 Å². The molecule has 2 aromatic heterocycles. The summed E-state index contributed by atoms with van der Waals surface area (Å²) in [5.41, 5.74) is 5.96. The van der Waals surface area contributed by atoms with E-state index in [1.807, 2.05) is 0 Å². The number of rotatable bonds is 1. The van der Waals surface area contributed by atoms with Crippen LogP contribution in [0.3, 0.4) is 0 Å². The Labute approximate surface area is 81.5 Å². The van der Waals surface area contributed by atoms with Gasteiger partial charge in [-0.2, -0.15) is 0 Å². The number of primary amides is 1. The number of nitrogens with zero attached hydrogens (tertiary/aromatic N) is 2. The van der Waals surface area contributed by atoms with E-state index in [4.69, 9.17) is 5.73 Å². The summed E-state index contributed by atoms with van der Waals surface area (Å²) in [5.74, 6) is -0.562. The number of aromatic amines is 1. The van der Waals surface area contributed by atoms with Gasteiger partial charge in [0.2, 0.25) is 0 Å². The molecule has 0 aliphatic carbocycles. The Balaban J connectivity index is 2.88. The molecule has 13 heavy (non-hydrogen) atoms. The Bertz CT molecular complexity index is 478. The molecule has 1 amide bonds. The minimum absolute atomic E-state index is 0.220. The molecule has 5 nitrogen and oxygen atoms in total. The third-order valence-electron chi connectivity index (χ3n) is 1.66. The Hall–Kier alpha value is -1.43. The van der Waals surface area contributed by atoms with Crippen molar-refractivity contribution in [2.24, 2.45) is 5.73 Å². The highest BCUT2D eigenvalue weighted by atomic mass is 79.9. The number of nitrogens with one attached hydrogen (secondary N) is 1. The van der Waals surface area contributed by atoms with E-state index < -0.39 is 5.91 Å². The average Bonchev–Trinajstić information content (AvgIpc) is 2.48. The fourth-order valence-electron chi connectivity index (χ4n) is 1.11. The predicted molar refractivity (Wildman–Crippen MR) is 50.1 cm³/mol. The first-order valence-corrected chi connectivity index (χ1v) is 4.27. The summed E-state index contributed by atoms with van der Waals surface area (Å²) in [4.78, 5) is 21.6. The Morgan fingerprint density at radius 1 is 1.54 bits per heavy atom. The maximum absolute atomic E-state index is 11.0. The van der Waals surface area contributed by atoms with E-state index >= 15 is 0 Å². The zero-order valence-electron chi connectivity index (χ0n) is 6.41. The minimum atomic E-state index is -0.562. The third kappa shape index (κ3) is 1.19. The van der Waals surface area contributed by atoms with Crippen molar-refractivity contribution in [3.8, 4) is 0 Å². The molecular formula is C7H5BrN4O. The van der Waals surface area contributed by atoms with E-state index in [1.54, 1.807) is 6.20 Å². The highest BCUT2D eigenvalue weighted by molar-refractivity contribution is 9.10. The van der Waals surface area contributed by atoms with Crippen molar-refractivity contribution in [3.63, 3.8) is 0 Å². The van der Waals surface area contributed by atoms with Crippen molar-refractivity contribution in [2.75, 3.05) is 0 Å². The molecule has 0 bridgehead atoms. The van der Waals surface area contributed by atoms with Crippen LogP contribution in [0.4, 0.5) is 0 Å². The van der Waals surface area contributed by atoms with Gasteiger partial charge >= 0.3 is 0 Å². The molecule has 0 atom stereocenters. The number of carbonyl (C=O) groups is 1. The van der Waals surface area contributed by atoms with Crippen LogP contribution < -0.4 is 5.73 Å². The third-order valence-corrected chi connectivity index (χ3v) is 2.28. The summed E-state index contributed by atoms with van der Waals surface area (Å²) in [6.45, 7) is 0. The smallest absolute Gasteiger partial charge is 0.268 e. The summed E-state index contributed by atoms with van der Waals surface area (Å²) in [6, 6.07) is 0. The second-order valence-corrected chi connectivity index (χ2v) is 3.30. The number of H-pyrrole nitrogens is 1. The topological polar surface area (TPSA) is 84.7 Å². The van der Waals surface area contributed by atoms with Gasteiger partial charge in [0, 0.05) is 10.7 Å². The molecule has 2 aromatic rings.